The number of hydrogen-bond donors (Lipinski definition) is 2. The first-order chi connectivity index (χ1) is 9.96. The third kappa shape index (κ3) is 4.99. The minimum absolute atomic E-state index is 0.0253. The van der Waals surface area contributed by atoms with Crippen molar-refractivity contribution in [2.45, 2.75) is 38.9 Å². The van der Waals surface area contributed by atoms with Crippen molar-refractivity contribution in [1.82, 2.24) is 20.4 Å². The van der Waals surface area contributed by atoms with E-state index in [1.165, 1.54) is 11.1 Å². The summed E-state index contributed by atoms with van der Waals surface area (Å²) in [6.07, 6.45) is 3.94. The van der Waals surface area contributed by atoms with E-state index in [1.54, 1.807) is 0 Å². The Morgan fingerprint density at radius 1 is 1.24 bits per heavy atom. The summed E-state index contributed by atoms with van der Waals surface area (Å²) in [6.45, 7) is 8.40. The average Bonchev–Trinajstić information content (AvgIpc) is 2.84. The van der Waals surface area contributed by atoms with E-state index >= 15 is 0 Å². The van der Waals surface area contributed by atoms with Crippen LogP contribution in [0.4, 0.5) is 0 Å². The average molecular weight is 286 g/mol. The first kappa shape index (κ1) is 15.7. The van der Waals surface area contributed by atoms with Crippen LogP contribution in [0.5, 0.6) is 0 Å². The summed E-state index contributed by atoms with van der Waals surface area (Å²) in [4.78, 5) is 0. The summed E-state index contributed by atoms with van der Waals surface area (Å²) in [6, 6.07) is 10.9. The molecule has 1 atom stereocenters. The molecule has 0 spiro atoms. The van der Waals surface area contributed by atoms with Crippen molar-refractivity contribution >= 4 is 0 Å². The lowest BCUT2D eigenvalue weighted by molar-refractivity contribution is 0.330. The van der Waals surface area contributed by atoms with Gasteiger partial charge >= 0.3 is 0 Å². The third-order valence-electron chi connectivity index (χ3n) is 3.56. The van der Waals surface area contributed by atoms with Crippen LogP contribution >= 0.6 is 0 Å². The van der Waals surface area contributed by atoms with Crippen molar-refractivity contribution in [3.05, 3.63) is 53.9 Å². The van der Waals surface area contributed by atoms with Gasteiger partial charge in [0, 0.05) is 43.5 Å². The third-order valence-corrected chi connectivity index (χ3v) is 3.56. The molecule has 1 heterocycles. The number of nitrogens with one attached hydrogen (secondary N) is 2. The van der Waals surface area contributed by atoms with Crippen LogP contribution < -0.4 is 10.6 Å². The summed E-state index contributed by atoms with van der Waals surface area (Å²) in [7, 11) is 1.94. The lowest BCUT2D eigenvalue weighted by Crippen LogP contribution is -2.48. The lowest BCUT2D eigenvalue weighted by atomic mass is 10.0. The highest BCUT2D eigenvalue weighted by molar-refractivity contribution is 5.18. The summed E-state index contributed by atoms with van der Waals surface area (Å²) in [5.41, 5.74) is 2.56. The van der Waals surface area contributed by atoms with Crippen LogP contribution in [0, 0.1) is 0 Å². The fraction of sp³-hybridized carbons (Fsp3) is 0.471. The first-order valence-corrected chi connectivity index (χ1v) is 7.47. The van der Waals surface area contributed by atoms with Gasteiger partial charge in [0.2, 0.25) is 0 Å². The molecule has 0 amide bonds. The molecule has 0 radical (unpaired) electrons. The number of benzene rings is 1. The predicted molar refractivity (Wildman–Crippen MR) is 87.0 cm³/mol. The molecule has 21 heavy (non-hydrogen) atoms. The molecule has 0 unspecified atom stereocenters. The smallest absolute Gasteiger partial charge is 0.0534 e. The van der Waals surface area contributed by atoms with Gasteiger partial charge in [-0.2, -0.15) is 5.10 Å². The normalized spacial score (nSPS) is 13.3. The van der Waals surface area contributed by atoms with Crippen LogP contribution in [0.25, 0.3) is 0 Å². The molecular formula is C17H26N4. The number of nitrogens with zero attached hydrogens (tertiary/aromatic N) is 2. The number of aryl methyl sites for hydroxylation is 1. The minimum Gasteiger partial charge on any atom is -0.311 e. The van der Waals surface area contributed by atoms with E-state index in [0.717, 1.165) is 13.1 Å². The van der Waals surface area contributed by atoms with Gasteiger partial charge in [-0.05, 0) is 26.3 Å². The molecule has 114 valence electrons. The molecule has 0 bridgehead atoms. The molecular weight excluding hydrogens is 260 g/mol. The highest BCUT2D eigenvalue weighted by Crippen LogP contribution is 2.15. The van der Waals surface area contributed by atoms with Crippen molar-refractivity contribution in [3.63, 3.8) is 0 Å². The van der Waals surface area contributed by atoms with Crippen molar-refractivity contribution in [3.8, 4) is 0 Å². The zero-order chi connectivity index (χ0) is 15.3. The van der Waals surface area contributed by atoms with Gasteiger partial charge in [0.15, 0.2) is 0 Å². The van der Waals surface area contributed by atoms with Gasteiger partial charge in [0.25, 0.3) is 0 Å². The molecule has 0 saturated heterocycles. The Bertz CT molecular complexity index is 545. The van der Waals surface area contributed by atoms with Crippen LogP contribution in [-0.4, -0.2) is 21.9 Å². The molecule has 0 aliphatic rings. The maximum atomic E-state index is 4.18. The van der Waals surface area contributed by atoms with E-state index < -0.39 is 0 Å². The highest BCUT2D eigenvalue weighted by atomic mass is 15.2. The Labute approximate surface area is 127 Å². The summed E-state index contributed by atoms with van der Waals surface area (Å²) in [5.74, 6) is 0. The molecule has 0 saturated carbocycles. The van der Waals surface area contributed by atoms with Gasteiger partial charge in [0.05, 0.1) is 6.20 Å². The molecule has 0 aliphatic carbocycles. The monoisotopic (exact) mass is 286 g/mol. The maximum Gasteiger partial charge on any atom is 0.0534 e. The lowest BCUT2D eigenvalue weighted by Gasteiger charge is -2.31. The van der Waals surface area contributed by atoms with E-state index in [0.29, 0.717) is 6.04 Å². The molecule has 2 aromatic rings. The van der Waals surface area contributed by atoms with Crippen LogP contribution in [-0.2, 0) is 13.6 Å². The van der Waals surface area contributed by atoms with E-state index in [9.17, 15) is 0 Å². The van der Waals surface area contributed by atoms with E-state index in [-0.39, 0.29) is 5.54 Å². The van der Waals surface area contributed by atoms with Gasteiger partial charge in [-0.3, -0.25) is 4.68 Å². The minimum atomic E-state index is 0.0253. The SMILES string of the molecule is C[C@H](NC(C)(C)CNCc1cnn(C)c1)c1ccccc1. The molecule has 0 fully saturated rings. The quantitative estimate of drug-likeness (QED) is 0.822. The van der Waals surface area contributed by atoms with Gasteiger partial charge in [-0.1, -0.05) is 30.3 Å². The topological polar surface area (TPSA) is 41.9 Å². The molecule has 0 aliphatic heterocycles. The van der Waals surface area contributed by atoms with Crippen LogP contribution in [0.3, 0.4) is 0 Å². The molecule has 4 heteroatoms. The highest BCUT2D eigenvalue weighted by Gasteiger charge is 2.20. The Balaban J connectivity index is 1.81. The predicted octanol–water partition coefficient (Wildman–Crippen LogP) is 2.64. The van der Waals surface area contributed by atoms with E-state index in [4.69, 9.17) is 0 Å². The summed E-state index contributed by atoms with van der Waals surface area (Å²) in [5, 5.41) is 11.4. The molecule has 2 rings (SSSR count). The van der Waals surface area contributed by atoms with Crippen molar-refractivity contribution in [1.29, 1.82) is 0 Å². The van der Waals surface area contributed by atoms with Gasteiger partial charge < -0.3 is 10.6 Å². The van der Waals surface area contributed by atoms with E-state index in [2.05, 4.69) is 66.8 Å². The molecule has 1 aromatic heterocycles. The van der Waals surface area contributed by atoms with Crippen LogP contribution in [0.2, 0.25) is 0 Å². The Hall–Kier alpha value is -1.65. The Morgan fingerprint density at radius 2 is 1.95 bits per heavy atom. The fourth-order valence-electron chi connectivity index (χ4n) is 2.54. The van der Waals surface area contributed by atoms with Crippen molar-refractivity contribution < 1.29 is 0 Å². The van der Waals surface area contributed by atoms with Gasteiger partial charge in [0.1, 0.15) is 0 Å². The van der Waals surface area contributed by atoms with Crippen molar-refractivity contribution in [2.24, 2.45) is 7.05 Å². The summed E-state index contributed by atoms with van der Waals surface area (Å²) >= 11 is 0. The van der Waals surface area contributed by atoms with Crippen LogP contribution in [0.15, 0.2) is 42.7 Å². The van der Waals surface area contributed by atoms with E-state index in [1.807, 2.05) is 24.1 Å². The van der Waals surface area contributed by atoms with Crippen molar-refractivity contribution in [2.75, 3.05) is 6.54 Å². The Morgan fingerprint density at radius 3 is 2.57 bits per heavy atom. The second-order valence-electron chi connectivity index (χ2n) is 6.29. The number of hydrogen-bond acceptors (Lipinski definition) is 3. The molecule has 2 N–H and O–H groups in total. The van der Waals surface area contributed by atoms with Gasteiger partial charge in [-0.25, -0.2) is 0 Å². The second kappa shape index (κ2) is 6.87. The fourth-order valence-corrected chi connectivity index (χ4v) is 2.54. The zero-order valence-electron chi connectivity index (χ0n) is 13.4. The van der Waals surface area contributed by atoms with Crippen LogP contribution in [0.1, 0.15) is 37.9 Å². The standard InChI is InChI=1S/C17H26N4/c1-14(16-8-6-5-7-9-16)20-17(2,3)13-18-10-15-11-19-21(4)12-15/h5-9,11-12,14,18,20H,10,13H2,1-4H3/t14-/m0/s1. The van der Waals surface area contributed by atoms with Gasteiger partial charge in [-0.15, -0.1) is 0 Å². The molecule has 4 nitrogen and oxygen atoms in total. The number of rotatable bonds is 7. The number of aromatic nitrogens is 2. The largest absolute Gasteiger partial charge is 0.311 e. The zero-order valence-corrected chi connectivity index (χ0v) is 13.4. The second-order valence-corrected chi connectivity index (χ2v) is 6.29. The molecule has 1 aromatic carbocycles. The first-order valence-electron chi connectivity index (χ1n) is 7.47. The summed E-state index contributed by atoms with van der Waals surface area (Å²) < 4.78 is 1.83. The maximum absolute atomic E-state index is 4.18. The Kier molecular flexibility index (Phi) is 5.15.